The van der Waals surface area contributed by atoms with Crippen molar-refractivity contribution in [2.45, 2.75) is 26.9 Å². The lowest BCUT2D eigenvalue weighted by Crippen LogP contribution is -1.96. The summed E-state index contributed by atoms with van der Waals surface area (Å²) in [6.07, 6.45) is 0. The van der Waals surface area contributed by atoms with Crippen LogP contribution in [0.15, 0.2) is 12.1 Å². The van der Waals surface area contributed by atoms with E-state index in [0.717, 1.165) is 0 Å². The van der Waals surface area contributed by atoms with Crippen LogP contribution in [0.3, 0.4) is 0 Å². The lowest BCUT2D eigenvalue weighted by molar-refractivity contribution is 0.449. The smallest absolute Gasteiger partial charge is 0.115 e. The molecule has 0 nitrogen and oxygen atoms in total. The molecule has 0 spiro atoms. The molecule has 0 aliphatic carbocycles. The summed E-state index contributed by atoms with van der Waals surface area (Å²) in [4.78, 5) is 0. The van der Waals surface area contributed by atoms with E-state index in [2.05, 4.69) is 0 Å². The van der Waals surface area contributed by atoms with E-state index >= 15 is 0 Å². The Kier molecular flexibility index (Phi) is 3.34. The summed E-state index contributed by atoms with van der Waals surface area (Å²) in [7, 11) is 0. The molecule has 72 valence electrons. The molecule has 1 rings (SSSR count). The number of aryl methyl sites for hydroxylation is 1. The van der Waals surface area contributed by atoms with Gasteiger partial charge in [0.05, 0.1) is 0 Å². The molecule has 0 radical (unpaired) electrons. The van der Waals surface area contributed by atoms with Crippen molar-refractivity contribution >= 4 is 0 Å². The molecule has 0 unspecified atom stereocenters. The fraction of sp³-hybridized carbons (Fsp3) is 0.400. The van der Waals surface area contributed by atoms with Crippen LogP contribution in [0.1, 0.15) is 22.3 Å². The van der Waals surface area contributed by atoms with Crippen LogP contribution < -0.4 is 0 Å². The molecule has 0 aliphatic rings. The number of hydrogen-bond donors (Lipinski definition) is 0. The van der Waals surface area contributed by atoms with E-state index in [4.69, 9.17) is 0 Å². The van der Waals surface area contributed by atoms with Gasteiger partial charge in [-0.3, -0.25) is 0 Å². The number of hydrogen-bond acceptors (Lipinski definition) is 0. The molecule has 0 atom stereocenters. The molecule has 0 heterocycles. The van der Waals surface area contributed by atoms with Crippen molar-refractivity contribution in [1.82, 2.24) is 0 Å². The normalized spacial score (nSPS) is 10.5. The number of alkyl halides is 3. The first kappa shape index (κ1) is 10.1. The first-order valence-corrected chi connectivity index (χ1v) is 4.02. The Morgan fingerprint density at radius 2 is 1.69 bits per heavy atom. The summed E-state index contributed by atoms with van der Waals surface area (Å²) in [5, 5.41) is 0. The van der Waals surface area contributed by atoms with Gasteiger partial charge < -0.3 is 0 Å². The topological polar surface area (TPSA) is 0 Å². The van der Waals surface area contributed by atoms with Gasteiger partial charge in [-0.05, 0) is 29.2 Å². The molecule has 0 N–H and O–H groups in total. The maximum atomic E-state index is 12.4. The number of rotatable bonds is 3. The molecule has 0 fully saturated rings. The first-order chi connectivity index (χ1) is 6.22. The maximum absolute atomic E-state index is 12.4. The molecular weight excluding hydrogens is 177 g/mol. The van der Waals surface area contributed by atoms with Crippen molar-refractivity contribution in [2.24, 2.45) is 0 Å². The second-order valence-corrected chi connectivity index (χ2v) is 2.95. The van der Waals surface area contributed by atoms with Crippen molar-refractivity contribution in [1.29, 1.82) is 0 Å². The van der Waals surface area contributed by atoms with Gasteiger partial charge in [0.15, 0.2) is 0 Å². The molecule has 0 amide bonds. The predicted octanol–water partition coefficient (Wildman–Crippen LogP) is 3.40. The second kappa shape index (κ2) is 4.30. The maximum Gasteiger partial charge on any atom is 0.115 e. The van der Waals surface area contributed by atoms with Crippen molar-refractivity contribution in [2.75, 3.05) is 0 Å². The average Bonchev–Trinajstić information content (AvgIpc) is 2.16. The molecule has 1 aromatic rings. The third-order valence-corrected chi connectivity index (χ3v) is 2.06. The standard InChI is InChI=1S/C10H11F3/c1-7-2-8(4-11)3-9(5-12)10(7)6-13/h2-3H,4-6H2,1H3. The largest absolute Gasteiger partial charge is 0.246 e. The molecule has 3 heteroatoms. The highest BCUT2D eigenvalue weighted by Crippen LogP contribution is 2.20. The van der Waals surface area contributed by atoms with Gasteiger partial charge in [-0.2, -0.15) is 0 Å². The first-order valence-electron chi connectivity index (χ1n) is 4.02. The number of benzene rings is 1. The minimum Gasteiger partial charge on any atom is -0.246 e. The Balaban J connectivity index is 3.20. The van der Waals surface area contributed by atoms with Crippen LogP contribution in [0.5, 0.6) is 0 Å². The van der Waals surface area contributed by atoms with Crippen LogP contribution in [-0.2, 0) is 20.0 Å². The van der Waals surface area contributed by atoms with Crippen molar-refractivity contribution in [3.05, 3.63) is 34.4 Å². The van der Waals surface area contributed by atoms with Gasteiger partial charge >= 0.3 is 0 Å². The van der Waals surface area contributed by atoms with E-state index < -0.39 is 20.0 Å². The minimum absolute atomic E-state index is 0.259. The Labute approximate surface area is 75.4 Å². The summed E-state index contributed by atoms with van der Waals surface area (Å²) in [6, 6.07) is 2.93. The van der Waals surface area contributed by atoms with Gasteiger partial charge in [-0.15, -0.1) is 0 Å². The highest BCUT2D eigenvalue weighted by Gasteiger charge is 2.07. The molecule has 0 aliphatic heterocycles. The summed E-state index contributed by atoms with van der Waals surface area (Å²) in [5.41, 5.74) is 1.63. The van der Waals surface area contributed by atoms with Crippen molar-refractivity contribution in [3.8, 4) is 0 Å². The molecule has 0 saturated heterocycles. The van der Waals surface area contributed by atoms with Crippen LogP contribution >= 0.6 is 0 Å². The van der Waals surface area contributed by atoms with Gasteiger partial charge in [0.2, 0.25) is 0 Å². The Bertz CT molecular complexity index is 294. The van der Waals surface area contributed by atoms with Crippen LogP contribution in [0.25, 0.3) is 0 Å². The fourth-order valence-corrected chi connectivity index (χ4v) is 1.36. The van der Waals surface area contributed by atoms with Crippen molar-refractivity contribution in [3.63, 3.8) is 0 Å². The van der Waals surface area contributed by atoms with Gasteiger partial charge in [-0.1, -0.05) is 12.1 Å². The Hall–Kier alpha value is -0.990. The van der Waals surface area contributed by atoms with Gasteiger partial charge in [-0.25, -0.2) is 13.2 Å². The average molecular weight is 188 g/mol. The quantitative estimate of drug-likeness (QED) is 0.681. The lowest BCUT2D eigenvalue weighted by Gasteiger charge is -2.08. The van der Waals surface area contributed by atoms with E-state index in [0.29, 0.717) is 16.7 Å². The highest BCUT2D eigenvalue weighted by atomic mass is 19.1. The minimum atomic E-state index is -0.742. The zero-order valence-electron chi connectivity index (χ0n) is 7.41. The van der Waals surface area contributed by atoms with E-state index in [1.807, 2.05) is 0 Å². The van der Waals surface area contributed by atoms with Crippen LogP contribution in [0, 0.1) is 6.92 Å². The molecule has 0 saturated carbocycles. The highest BCUT2D eigenvalue weighted by molar-refractivity contribution is 5.37. The summed E-state index contributed by atoms with van der Waals surface area (Å²) in [6.45, 7) is -0.417. The molecular formula is C10H11F3. The second-order valence-electron chi connectivity index (χ2n) is 2.95. The van der Waals surface area contributed by atoms with Gasteiger partial charge in [0.25, 0.3) is 0 Å². The van der Waals surface area contributed by atoms with Crippen LogP contribution in [-0.4, -0.2) is 0 Å². The lowest BCUT2D eigenvalue weighted by atomic mass is 10.0. The summed E-state index contributed by atoms with van der Waals surface area (Å²) < 4.78 is 37.0. The summed E-state index contributed by atoms with van der Waals surface area (Å²) >= 11 is 0. The van der Waals surface area contributed by atoms with E-state index in [1.54, 1.807) is 13.0 Å². The van der Waals surface area contributed by atoms with E-state index in [1.165, 1.54) is 6.07 Å². The Morgan fingerprint density at radius 3 is 2.15 bits per heavy atom. The zero-order valence-corrected chi connectivity index (χ0v) is 7.41. The van der Waals surface area contributed by atoms with Crippen LogP contribution in [0.4, 0.5) is 13.2 Å². The molecule has 1 aromatic carbocycles. The monoisotopic (exact) mass is 188 g/mol. The zero-order chi connectivity index (χ0) is 9.84. The van der Waals surface area contributed by atoms with Crippen molar-refractivity contribution < 1.29 is 13.2 Å². The number of halogens is 3. The fourth-order valence-electron chi connectivity index (χ4n) is 1.36. The Morgan fingerprint density at radius 1 is 1.00 bits per heavy atom. The third-order valence-electron chi connectivity index (χ3n) is 2.06. The van der Waals surface area contributed by atoms with E-state index in [-0.39, 0.29) is 5.56 Å². The third kappa shape index (κ3) is 2.02. The predicted molar refractivity (Wildman–Crippen MR) is 45.6 cm³/mol. The van der Waals surface area contributed by atoms with Crippen LogP contribution in [0.2, 0.25) is 0 Å². The summed E-state index contributed by atoms with van der Waals surface area (Å²) in [5.74, 6) is 0. The molecule has 0 aromatic heterocycles. The molecule has 0 bridgehead atoms. The van der Waals surface area contributed by atoms with Gasteiger partial charge in [0, 0.05) is 0 Å². The van der Waals surface area contributed by atoms with Gasteiger partial charge in [0.1, 0.15) is 20.0 Å². The van der Waals surface area contributed by atoms with E-state index in [9.17, 15) is 13.2 Å². The SMILES string of the molecule is Cc1cc(CF)cc(CF)c1CF. The molecule has 13 heavy (non-hydrogen) atoms.